The van der Waals surface area contributed by atoms with Crippen molar-refractivity contribution >= 4 is 5.97 Å². The number of aryl methyl sites for hydroxylation is 1. The minimum atomic E-state index is -0.585. The number of phenolic OH excluding ortho intramolecular Hbond substituents is 1. The van der Waals surface area contributed by atoms with E-state index in [-0.39, 0.29) is 5.75 Å². The number of aromatic hydroxyl groups is 1. The maximum Gasteiger partial charge on any atom is 0.384 e. The third-order valence-electron chi connectivity index (χ3n) is 1.81. The molecule has 0 atom stereocenters. The van der Waals surface area contributed by atoms with Crippen molar-refractivity contribution in [1.29, 1.82) is 0 Å². The van der Waals surface area contributed by atoms with E-state index in [1.54, 1.807) is 32.0 Å². The summed E-state index contributed by atoms with van der Waals surface area (Å²) in [7, 11) is 0. The van der Waals surface area contributed by atoms with Crippen molar-refractivity contribution in [2.45, 2.75) is 13.8 Å². The zero-order chi connectivity index (χ0) is 11.3. The molecule has 0 aliphatic heterocycles. The van der Waals surface area contributed by atoms with Gasteiger partial charge in [0.15, 0.2) is 0 Å². The quantitative estimate of drug-likeness (QED) is 0.558. The van der Waals surface area contributed by atoms with E-state index >= 15 is 0 Å². The molecule has 0 heterocycles. The molecule has 0 bridgehead atoms. The molecule has 78 valence electrons. The standard InChI is InChI=1S/C12H12O3/c1-3-15-11(13)8-7-10-6-4-5-9(2)12(10)14/h4-6,14H,3H2,1-2H3. The number of para-hydroxylation sites is 1. The van der Waals surface area contributed by atoms with Crippen molar-refractivity contribution in [2.24, 2.45) is 0 Å². The molecule has 1 rings (SSSR count). The van der Waals surface area contributed by atoms with Crippen LogP contribution in [-0.4, -0.2) is 17.7 Å². The molecule has 0 aromatic heterocycles. The molecular formula is C12H12O3. The van der Waals surface area contributed by atoms with Gasteiger partial charge in [0, 0.05) is 5.92 Å². The first-order valence-corrected chi connectivity index (χ1v) is 4.62. The van der Waals surface area contributed by atoms with Gasteiger partial charge in [-0.3, -0.25) is 0 Å². The van der Waals surface area contributed by atoms with Gasteiger partial charge in [-0.25, -0.2) is 4.79 Å². The summed E-state index contributed by atoms with van der Waals surface area (Å²) in [5, 5.41) is 9.59. The zero-order valence-electron chi connectivity index (χ0n) is 8.70. The van der Waals surface area contributed by atoms with Crippen LogP contribution in [0.4, 0.5) is 0 Å². The molecule has 3 nitrogen and oxygen atoms in total. The molecule has 0 amide bonds. The second kappa shape index (κ2) is 5.06. The summed E-state index contributed by atoms with van der Waals surface area (Å²) in [4.78, 5) is 10.9. The van der Waals surface area contributed by atoms with Gasteiger partial charge in [0.25, 0.3) is 0 Å². The molecule has 0 spiro atoms. The van der Waals surface area contributed by atoms with E-state index in [2.05, 4.69) is 16.6 Å². The zero-order valence-corrected chi connectivity index (χ0v) is 8.70. The molecule has 0 unspecified atom stereocenters. The molecule has 15 heavy (non-hydrogen) atoms. The van der Waals surface area contributed by atoms with Crippen LogP contribution in [0.15, 0.2) is 18.2 Å². The Kier molecular flexibility index (Phi) is 3.75. The summed E-state index contributed by atoms with van der Waals surface area (Å²) in [6.45, 7) is 3.78. The number of phenols is 1. The van der Waals surface area contributed by atoms with E-state index in [4.69, 9.17) is 0 Å². The third kappa shape index (κ3) is 3.03. The molecule has 1 aromatic carbocycles. The van der Waals surface area contributed by atoms with Gasteiger partial charge >= 0.3 is 5.97 Å². The molecule has 0 fully saturated rings. The molecule has 3 heteroatoms. The highest BCUT2D eigenvalue weighted by atomic mass is 16.5. The Morgan fingerprint density at radius 3 is 2.93 bits per heavy atom. The second-order valence-corrected chi connectivity index (χ2v) is 2.94. The van der Waals surface area contributed by atoms with Crippen molar-refractivity contribution in [2.75, 3.05) is 6.61 Å². The van der Waals surface area contributed by atoms with E-state index in [0.717, 1.165) is 5.56 Å². The van der Waals surface area contributed by atoms with Crippen molar-refractivity contribution in [3.8, 4) is 17.6 Å². The van der Waals surface area contributed by atoms with Crippen LogP contribution in [0.3, 0.4) is 0 Å². The third-order valence-corrected chi connectivity index (χ3v) is 1.81. The molecule has 0 aliphatic rings. The lowest BCUT2D eigenvalue weighted by Crippen LogP contribution is -1.99. The van der Waals surface area contributed by atoms with E-state index < -0.39 is 5.97 Å². The number of rotatable bonds is 1. The Balaban J connectivity index is 2.89. The van der Waals surface area contributed by atoms with Gasteiger partial charge in [-0.15, -0.1) is 0 Å². The van der Waals surface area contributed by atoms with E-state index in [1.807, 2.05) is 0 Å². The average Bonchev–Trinajstić information content (AvgIpc) is 2.21. The lowest BCUT2D eigenvalue weighted by atomic mass is 10.1. The van der Waals surface area contributed by atoms with Crippen molar-refractivity contribution in [3.63, 3.8) is 0 Å². The lowest BCUT2D eigenvalue weighted by molar-refractivity contribution is -0.136. The molecular weight excluding hydrogens is 192 g/mol. The van der Waals surface area contributed by atoms with Crippen molar-refractivity contribution in [1.82, 2.24) is 0 Å². The number of benzene rings is 1. The largest absolute Gasteiger partial charge is 0.506 e. The van der Waals surface area contributed by atoms with Crippen LogP contribution >= 0.6 is 0 Å². The highest BCUT2D eigenvalue weighted by Crippen LogP contribution is 2.19. The minimum absolute atomic E-state index is 0.106. The topological polar surface area (TPSA) is 46.5 Å². The summed E-state index contributed by atoms with van der Waals surface area (Å²) in [6, 6.07) is 5.18. The van der Waals surface area contributed by atoms with Gasteiger partial charge in [-0.2, -0.15) is 0 Å². The van der Waals surface area contributed by atoms with E-state index in [0.29, 0.717) is 12.2 Å². The summed E-state index contributed by atoms with van der Waals surface area (Å²) in [5.41, 5.74) is 1.16. The summed E-state index contributed by atoms with van der Waals surface area (Å²) >= 11 is 0. The van der Waals surface area contributed by atoms with Crippen molar-refractivity contribution < 1.29 is 14.6 Å². The summed E-state index contributed by atoms with van der Waals surface area (Å²) < 4.78 is 4.64. The van der Waals surface area contributed by atoms with Gasteiger partial charge in [0.1, 0.15) is 5.75 Å². The van der Waals surface area contributed by atoms with Crippen LogP contribution in [0.5, 0.6) is 5.75 Å². The summed E-state index contributed by atoms with van der Waals surface area (Å²) in [5.74, 6) is 4.38. The fourth-order valence-electron chi connectivity index (χ4n) is 1.05. The first-order chi connectivity index (χ1) is 7.15. The number of carbonyl (C=O) groups excluding carboxylic acids is 1. The Bertz CT molecular complexity index is 424. The average molecular weight is 204 g/mol. The normalized spacial score (nSPS) is 8.93. The predicted octanol–water partition coefficient (Wildman–Crippen LogP) is 1.62. The van der Waals surface area contributed by atoms with Crippen LogP contribution in [0.1, 0.15) is 18.1 Å². The molecule has 0 saturated carbocycles. The van der Waals surface area contributed by atoms with Gasteiger partial charge in [0.2, 0.25) is 0 Å². The highest BCUT2D eigenvalue weighted by molar-refractivity contribution is 5.89. The van der Waals surface area contributed by atoms with Crippen molar-refractivity contribution in [3.05, 3.63) is 29.3 Å². The minimum Gasteiger partial charge on any atom is -0.506 e. The summed E-state index contributed by atoms with van der Waals surface area (Å²) in [6.07, 6.45) is 0. The lowest BCUT2D eigenvalue weighted by Gasteiger charge is -1.99. The molecule has 0 aliphatic carbocycles. The molecule has 0 saturated heterocycles. The first kappa shape index (κ1) is 11.1. The van der Waals surface area contributed by atoms with Gasteiger partial charge in [-0.1, -0.05) is 18.1 Å². The van der Waals surface area contributed by atoms with Gasteiger partial charge < -0.3 is 9.84 Å². The smallest absolute Gasteiger partial charge is 0.384 e. The SMILES string of the molecule is CCOC(=O)C#Cc1cccc(C)c1O. The molecule has 1 aromatic rings. The highest BCUT2D eigenvalue weighted by Gasteiger charge is 2.00. The fourth-order valence-corrected chi connectivity index (χ4v) is 1.05. The Labute approximate surface area is 88.7 Å². The van der Waals surface area contributed by atoms with E-state index in [9.17, 15) is 9.90 Å². The fraction of sp³-hybridized carbons (Fsp3) is 0.250. The van der Waals surface area contributed by atoms with Gasteiger partial charge in [0.05, 0.1) is 12.2 Å². The number of ether oxygens (including phenoxy) is 1. The van der Waals surface area contributed by atoms with Crippen LogP contribution in [0, 0.1) is 18.8 Å². The maximum absolute atomic E-state index is 10.9. The first-order valence-electron chi connectivity index (χ1n) is 4.62. The number of carbonyl (C=O) groups is 1. The molecule has 0 radical (unpaired) electrons. The van der Waals surface area contributed by atoms with E-state index in [1.165, 1.54) is 0 Å². The monoisotopic (exact) mass is 204 g/mol. The van der Waals surface area contributed by atoms with Gasteiger partial charge in [-0.05, 0) is 25.5 Å². The van der Waals surface area contributed by atoms with Crippen LogP contribution in [0.2, 0.25) is 0 Å². The van der Waals surface area contributed by atoms with Crippen LogP contribution in [0.25, 0.3) is 0 Å². The Morgan fingerprint density at radius 1 is 1.53 bits per heavy atom. The molecule has 1 N–H and O–H groups in total. The van der Waals surface area contributed by atoms with Crippen LogP contribution < -0.4 is 0 Å². The number of hydrogen-bond acceptors (Lipinski definition) is 3. The predicted molar refractivity (Wildman–Crippen MR) is 56.4 cm³/mol. The Morgan fingerprint density at radius 2 is 2.27 bits per heavy atom. The maximum atomic E-state index is 10.9. The second-order valence-electron chi connectivity index (χ2n) is 2.94. The Hall–Kier alpha value is -1.95. The van der Waals surface area contributed by atoms with Crippen LogP contribution in [-0.2, 0) is 9.53 Å². The number of hydrogen-bond donors (Lipinski definition) is 1. The number of esters is 1.